The maximum atomic E-state index is 15.1. The Morgan fingerprint density at radius 1 is 1.23 bits per heavy atom. The summed E-state index contributed by atoms with van der Waals surface area (Å²) in [7, 11) is 0. The first-order valence-electron chi connectivity index (χ1n) is 10.9. The molecule has 0 aliphatic heterocycles. The van der Waals surface area contributed by atoms with Crippen molar-refractivity contribution in [2.45, 2.75) is 73.1 Å². The quantitative estimate of drug-likeness (QED) is 0.283. The summed E-state index contributed by atoms with van der Waals surface area (Å²) in [6.45, 7) is 14.8. The first-order valence-corrected chi connectivity index (χ1v) is 11.7. The highest BCUT2D eigenvalue weighted by Gasteiger charge is 2.35. The summed E-state index contributed by atoms with van der Waals surface area (Å²) in [5.41, 5.74) is 4.39. The van der Waals surface area contributed by atoms with Crippen LogP contribution in [0, 0.1) is 5.92 Å². The Morgan fingerprint density at radius 2 is 1.90 bits per heavy atom. The Labute approximate surface area is 188 Å². The van der Waals surface area contributed by atoms with Gasteiger partial charge in [-0.3, -0.25) is 0 Å². The third-order valence-corrected chi connectivity index (χ3v) is 6.63. The maximum absolute atomic E-state index is 15.1. The number of benzene rings is 1. The van der Waals surface area contributed by atoms with Gasteiger partial charge >= 0.3 is 5.97 Å². The van der Waals surface area contributed by atoms with Crippen molar-refractivity contribution in [1.29, 1.82) is 0 Å². The van der Waals surface area contributed by atoms with Crippen LogP contribution in [0.2, 0.25) is 0 Å². The number of ether oxygens (including phenoxy) is 2. The van der Waals surface area contributed by atoms with Crippen molar-refractivity contribution in [3.63, 3.8) is 0 Å². The summed E-state index contributed by atoms with van der Waals surface area (Å²) >= 11 is 3.79. The number of hydrogen-bond acceptors (Lipinski definition) is 3. The average Bonchev–Trinajstić information content (AvgIpc) is 2.70. The normalized spacial score (nSPS) is 16.9. The Kier molecular flexibility index (Phi) is 8.32. The SMILES string of the molecule is CCOC(=O)/C(F)=C(/CC)c1cc2c(c(Br)c1OCC)C(C)(C)CC=C2C(C)CC. The van der Waals surface area contributed by atoms with E-state index in [0.717, 1.165) is 22.9 Å². The zero-order chi connectivity index (χ0) is 22.6. The third kappa shape index (κ3) is 4.66. The minimum Gasteiger partial charge on any atom is -0.492 e. The summed E-state index contributed by atoms with van der Waals surface area (Å²) in [4.78, 5) is 12.2. The van der Waals surface area contributed by atoms with E-state index in [9.17, 15) is 4.79 Å². The standard InChI is InChI=1S/C25H34BrFO3/c1-8-15(5)17-12-13-25(6,7)20-18(17)14-19(23(21(20)26)29-10-3)16(9-2)22(27)24(28)30-11-4/h12,14-15H,8-11,13H2,1-7H3/b22-16+. The van der Waals surface area contributed by atoms with Crippen molar-refractivity contribution >= 4 is 33.0 Å². The molecular formula is C25H34BrFO3. The second kappa shape index (κ2) is 10.1. The van der Waals surface area contributed by atoms with Crippen LogP contribution in [0.4, 0.5) is 4.39 Å². The first kappa shape index (κ1) is 24.6. The molecule has 2 rings (SSSR count). The van der Waals surface area contributed by atoms with Crippen LogP contribution in [-0.4, -0.2) is 19.2 Å². The van der Waals surface area contributed by atoms with Crippen LogP contribution in [0.25, 0.3) is 11.1 Å². The molecule has 0 N–H and O–H groups in total. The summed E-state index contributed by atoms with van der Waals surface area (Å²) in [6.07, 6.45) is 4.60. The molecule has 0 saturated heterocycles. The summed E-state index contributed by atoms with van der Waals surface area (Å²) in [5, 5.41) is 0. The fourth-order valence-electron chi connectivity index (χ4n) is 4.08. The molecule has 30 heavy (non-hydrogen) atoms. The predicted molar refractivity (Wildman–Crippen MR) is 125 cm³/mol. The van der Waals surface area contributed by atoms with Gasteiger partial charge in [0.2, 0.25) is 5.83 Å². The van der Waals surface area contributed by atoms with E-state index in [1.54, 1.807) is 6.92 Å². The molecule has 0 saturated carbocycles. The van der Waals surface area contributed by atoms with E-state index in [4.69, 9.17) is 9.47 Å². The number of carbonyl (C=O) groups excluding carboxylic acids is 1. The van der Waals surface area contributed by atoms with Crippen molar-refractivity contribution in [2.75, 3.05) is 13.2 Å². The molecule has 0 heterocycles. The monoisotopic (exact) mass is 480 g/mol. The molecule has 0 bridgehead atoms. The molecule has 0 amide bonds. The fraction of sp³-hybridized carbons (Fsp3) is 0.560. The maximum Gasteiger partial charge on any atom is 0.367 e. The molecule has 0 spiro atoms. The second-order valence-corrected chi connectivity index (χ2v) is 9.14. The molecule has 3 nitrogen and oxygen atoms in total. The lowest BCUT2D eigenvalue weighted by Crippen LogP contribution is -2.24. The highest BCUT2D eigenvalue weighted by atomic mass is 79.9. The Balaban J connectivity index is 2.89. The highest BCUT2D eigenvalue weighted by molar-refractivity contribution is 9.10. The van der Waals surface area contributed by atoms with Crippen LogP contribution in [0.1, 0.15) is 84.4 Å². The molecule has 1 atom stereocenters. The highest BCUT2D eigenvalue weighted by Crippen LogP contribution is 2.51. The molecule has 5 heteroatoms. The van der Waals surface area contributed by atoms with Crippen LogP contribution in [0.5, 0.6) is 5.75 Å². The van der Waals surface area contributed by atoms with Gasteiger partial charge in [-0.05, 0) is 83.1 Å². The van der Waals surface area contributed by atoms with Gasteiger partial charge in [0.05, 0.1) is 17.7 Å². The third-order valence-electron chi connectivity index (χ3n) is 5.87. The van der Waals surface area contributed by atoms with E-state index in [2.05, 4.69) is 49.7 Å². The number of hydrogen-bond donors (Lipinski definition) is 0. The number of carbonyl (C=O) groups is 1. The van der Waals surface area contributed by atoms with Gasteiger partial charge in [0.25, 0.3) is 0 Å². The number of rotatable bonds is 8. The van der Waals surface area contributed by atoms with E-state index in [-0.39, 0.29) is 12.0 Å². The van der Waals surface area contributed by atoms with Crippen LogP contribution in [-0.2, 0) is 14.9 Å². The second-order valence-electron chi connectivity index (χ2n) is 8.35. The lowest BCUT2D eigenvalue weighted by Gasteiger charge is -2.36. The van der Waals surface area contributed by atoms with Crippen molar-refractivity contribution in [3.05, 3.63) is 39.1 Å². The number of fused-ring (bicyclic) bond motifs is 1. The van der Waals surface area contributed by atoms with Gasteiger partial charge in [0, 0.05) is 11.1 Å². The Hall–Kier alpha value is -1.62. The fourth-order valence-corrected chi connectivity index (χ4v) is 5.15. The molecule has 1 unspecified atom stereocenters. The minimum atomic E-state index is -0.927. The molecule has 1 aliphatic rings. The van der Waals surface area contributed by atoms with E-state index in [1.807, 2.05) is 19.9 Å². The van der Waals surface area contributed by atoms with Crippen LogP contribution in [0.15, 0.2) is 22.4 Å². The molecule has 1 aromatic carbocycles. The molecule has 0 radical (unpaired) electrons. The van der Waals surface area contributed by atoms with Gasteiger partial charge < -0.3 is 9.47 Å². The van der Waals surface area contributed by atoms with E-state index in [1.165, 1.54) is 11.1 Å². The smallest absolute Gasteiger partial charge is 0.367 e. The molecule has 0 fully saturated rings. The van der Waals surface area contributed by atoms with Crippen molar-refractivity contribution in [1.82, 2.24) is 0 Å². The zero-order valence-electron chi connectivity index (χ0n) is 19.2. The van der Waals surface area contributed by atoms with Gasteiger partial charge in [0.15, 0.2) is 0 Å². The van der Waals surface area contributed by atoms with Gasteiger partial charge in [-0.15, -0.1) is 0 Å². The van der Waals surface area contributed by atoms with E-state index < -0.39 is 11.8 Å². The summed E-state index contributed by atoms with van der Waals surface area (Å²) in [5.74, 6) is -0.813. The van der Waals surface area contributed by atoms with Gasteiger partial charge in [0.1, 0.15) is 5.75 Å². The molecular weight excluding hydrogens is 447 g/mol. The average molecular weight is 481 g/mol. The van der Waals surface area contributed by atoms with Crippen LogP contribution >= 0.6 is 15.9 Å². The topological polar surface area (TPSA) is 35.5 Å². The zero-order valence-corrected chi connectivity index (χ0v) is 20.8. The van der Waals surface area contributed by atoms with Crippen molar-refractivity contribution in [3.8, 4) is 5.75 Å². The molecule has 166 valence electrons. The van der Waals surface area contributed by atoms with Gasteiger partial charge in [-0.2, -0.15) is 4.39 Å². The van der Waals surface area contributed by atoms with Crippen LogP contribution in [0.3, 0.4) is 0 Å². The van der Waals surface area contributed by atoms with Gasteiger partial charge in [-0.25, -0.2) is 4.79 Å². The molecule has 1 aliphatic carbocycles. The van der Waals surface area contributed by atoms with E-state index in [0.29, 0.717) is 35.8 Å². The lowest BCUT2D eigenvalue weighted by atomic mass is 9.70. The van der Waals surface area contributed by atoms with E-state index >= 15 is 4.39 Å². The first-order chi connectivity index (χ1) is 14.1. The Bertz CT molecular complexity index is 868. The minimum absolute atomic E-state index is 0.0920. The molecule has 0 aromatic heterocycles. The number of halogens is 2. The van der Waals surface area contributed by atoms with Crippen molar-refractivity contribution < 1.29 is 18.7 Å². The number of esters is 1. The largest absolute Gasteiger partial charge is 0.492 e. The Morgan fingerprint density at radius 3 is 2.43 bits per heavy atom. The molecule has 1 aromatic rings. The predicted octanol–water partition coefficient (Wildman–Crippen LogP) is 7.61. The lowest BCUT2D eigenvalue weighted by molar-refractivity contribution is -0.140. The summed E-state index contributed by atoms with van der Waals surface area (Å²) < 4.78 is 26.9. The van der Waals surface area contributed by atoms with Crippen molar-refractivity contribution in [2.24, 2.45) is 5.92 Å². The van der Waals surface area contributed by atoms with Crippen LogP contribution < -0.4 is 4.74 Å². The number of allylic oxidation sites excluding steroid dienone is 3. The summed E-state index contributed by atoms with van der Waals surface area (Å²) in [6, 6.07) is 2.02. The van der Waals surface area contributed by atoms with Gasteiger partial charge in [-0.1, -0.05) is 40.7 Å².